The Hall–Kier alpha value is -2.13. The first-order valence-electron chi connectivity index (χ1n) is 5.54. The van der Waals surface area contributed by atoms with Crippen molar-refractivity contribution in [1.29, 1.82) is 5.26 Å². The van der Waals surface area contributed by atoms with Gasteiger partial charge in [0.1, 0.15) is 5.82 Å². The van der Waals surface area contributed by atoms with Crippen LogP contribution in [0.3, 0.4) is 0 Å². The molecule has 0 saturated carbocycles. The van der Waals surface area contributed by atoms with Crippen LogP contribution in [0.5, 0.6) is 0 Å². The molecule has 94 valence electrons. The monoisotopic (exact) mass is 249 g/mol. The molecule has 0 radical (unpaired) electrons. The van der Waals surface area contributed by atoms with E-state index in [1.54, 1.807) is 0 Å². The highest BCUT2D eigenvalue weighted by atomic mass is 19.1. The van der Waals surface area contributed by atoms with Gasteiger partial charge in [-0.15, -0.1) is 0 Å². The van der Waals surface area contributed by atoms with Crippen molar-refractivity contribution < 1.29 is 13.9 Å². The van der Waals surface area contributed by atoms with Crippen LogP contribution in [-0.2, 0) is 4.74 Å². The van der Waals surface area contributed by atoms with Crippen LogP contribution < -0.4 is 10.6 Å². The number of nitriles is 1. The first-order valence-corrected chi connectivity index (χ1v) is 5.54. The number of rotatable bonds is 2. The third-order valence-electron chi connectivity index (χ3n) is 2.61. The fraction of sp³-hybridized carbons (Fsp3) is 0.333. The summed E-state index contributed by atoms with van der Waals surface area (Å²) in [5, 5.41) is 13.7. The molecule has 0 bridgehead atoms. The number of ether oxygens (including phenoxy) is 1. The summed E-state index contributed by atoms with van der Waals surface area (Å²) in [4.78, 5) is 11.6. The van der Waals surface area contributed by atoms with Gasteiger partial charge in [-0.25, -0.2) is 9.18 Å². The van der Waals surface area contributed by atoms with Crippen molar-refractivity contribution in [3.8, 4) is 6.07 Å². The molecular formula is C12H12FN3O2. The van der Waals surface area contributed by atoms with E-state index in [0.29, 0.717) is 13.2 Å². The second-order valence-corrected chi connectivity index (χ2v) is 3.97. The Morgan fingerprint density at radius 1 is 1.56 bits per heavy atom. The van der Waals surface area contributed by atoms with Crippen molar-refractivity contribution in [3.05, 3.63) is 29.6 Å². The van der Waals surface area contributed by atoms with Crippen molar-refractivity contribution in [1.82, 2.24) is 5.32 Å². The lowest BCUT2D eigenvalue weighted by atomic mass is 10.2. The molecule has 2 N–H and O–H groups in total. The molecule has 1 fully saturated rings. The molecule has 2 amide bonds. The molecule has 2 rings (SSSR count). The molecule has 6 heteroatoms. The molecule has 1 aliphatic heterocycles. The number of anilines is 1. The Labute approximate surface area is 104 Å². The molecule has 1 aliphatic rings. The van der Waals surface area contributed by atoms with Crippen LogP contribution in [0.15, 0.2) is 18.2 Å². The van der Waals surface area contributed by atoms with Gasteiger partial charge in [0.05, 0.1) is 30.0 Å². The number of benzene rings is 1. The summed E-state index contributed by atoms with van der Waals surface area (Å²) < 4.78 is 18.6. The molecule has 1 aromatic carbocycles. The van der Waals surface area contributed by atoms with E-state index in [4.69, 9.17) is 10.00 Å². The van der Waals surface area contributed by atoms with E-state index in [1.807, 2.05) is 6.07 Å². The van der Waals surface area contributed by atoms with Crippen LogP contribution in [-0.4, -0.2) is 25.3 Å². The first kappa shape index (κ1) is 12.3. The molecule has 1 saturated heterocycles. The molecule has 5 nitrogen and oxygen atoms in total. The number of hydrogen-bond acceptors (Lipinski definition) is 3. The SMILES string of the molecule is N#Cc1ccc(NC(=O)NC2CCOC2)c(F)c1. The number of nitrogens with one attached hydrogen (secondary N) is 2. The highest BCUT2D eigenvalue weighted by Gasteiger charge is 2.18. The number of hydrogen-bond donors (Lipinski definition) is 2. The highest BCUT2D eigenvalue weighted by molar-refractivity contribution is 5.89. The third kappa shape index (κ3) is 2.96. The van der Waals surface area contributed by atoms with Gasteiger partial charge in [-0.1, -0.05) is 0 Å². The molecule has 1 unspecified atom stereocenters. The number of carbonyl (C=O) groups excluding carboxylic acids is 1. The standard InChI is InChI=1S/C12H12FN3O2/c13-10-5-8(6-14)1-2-11(10)16-12(17)15-9-3-4-18-7-9/h1-2,5,9H,3-4,7H2,(H2,15,16,17). The quantitative estimate of drug-likeness (QED) is 0.836. The number of carbonyl (C=O) groups is 1. The Morgan fingerprint density at radius 2 is 2.39 bits per heavy atom. The van der Waals surface area contributed by atoms with Crippen LogP contribution in [0.25, 0.3) is 0 Å². The average molecular weight is 249 g/mol. The van der Waals surface area contributed by atoms with E-state index < -0.39 is 11.8 Å². The number of nitrogens with zero attached hydrogens (tertiary/aromatic N) is 1. The summed E-state index contributed by atoms with van der Waals surface area (Å²) in [5.41, 5.74) is 0.257. The topological polar surface area (TPSA) is 74.2 Å². The van der Waals surface area contributed by atoms with Crippen LogP contribution in [0.2, 0.25) is 0 Å². The zero-order valence-corrected chi connectivity index (χ0v) is 9.57. The van der Waals surface area contributed by atoms with Crippen molar-refractivity contribution in [3.63, 3.8) is 0 Å². The lowest BCUT2D eigenvalue weighted by molar-refractivity contribution is 0.189. The predicted molar refractivity (Wildman–Crippen MR) is 62.5 cm³/mol. The maximum absolute atomic E-state index is 13.5. The second kappa shape index (κ2) is 5.47. The zero-order valence-electron chi connectivity index (χ0n) is 9.57. The maximum atomic E-state index is 13.5. The van der Waals surface area contributed by atoms with Gasteiger partial charge in [-0.3, -0.25) is 0 Å². The summed E-state index contributed by atoms with van der Waals surface area (Å²) in [6.07, 6.45) is 0.753. The summed E-state index contributed by atoms with van der Waals surface area (Å²) in [5.74, 6) is -0.633. The molecule has 1 aromatic rings. The van der Waals surface area contributed by atoms with Gasteiger partial charge in [-0.05, 0) is 24.6 Å². The van der Waals surface area contributed by atoms with Crippen LogP contribution >= 0.6 is 0 Å². The number of amides is 2. The predicted octanol–water partition coefficient (Wildman–Crippen LogP) is 1.61. The molecular weight excluding hydrogens is 237 g/mol. The number of halogens is 1. The summed E-state index contributed by atoms with van der Waals surface area (Å²) in [6.45, 7) is 1.10. The molecule has 0 aromatic heterocycles. The van der Waals surface area contributed by atoms with E-state index in [0.717, 1.165) is 12.5 Å². The zero-order chi connectivity index (χ0) is 13.0. The summed E-state index contributed by atoms with van der Waals surface area (Å²) in [7, 11) is 0. The van der Waals surface area contributed by atoms with Crippen molar-refractivity contribution in [2.24, 2.45) is 0 Å². The third-order valence-corrected chi connectivity index (χ3v) is 2.61. The van der Waals surface area contributed by atoms with Gasteiger partial charge in [0.25, 0.3) is 0 Å². The van der Waals surface area contributed by atoms with E-state index in [1.165, 1.54) is 12.1 Å². The molecule has 18 heavy (non-hydrogen) atoms. The minimum absolute atomic E-state index is 0.0357. The largest absolute Gasteiger partial charge is 0.379 e. The molecule has 1 heterocycles. The van der Waals surface area contributed by atoms with Crippen molar-refractivity contribution in [2.45, 2.75) is 12.5 Å². The fourth-order valence-corrected chi connectivity index (χ4v) is 1.68. The Bertz CT molecular complexity index is 493. The first-order chi connectivity index (χ1) is 8.69. The molecule has 0 aliphatic carbocycles. The minimum Gasteiger partial charge on any atom is -0.379 e. The van der Waals surface area contributed by atoms with E-state index in [-0.39, 0.29) is 17.3 Å². The minimum atomic E-state index is -0.633. The van der Waals surface area contributed by atoms with Gasteiger partial charge in [0.15, 0.2) is 0 Å². The molecule has 0 spiro atoms. The van der Waals surface area contributed by atoms with Crippen molar-refractivity contribution in [2.75, 3.05) is 18.5 Å². The van der Waals surface area contributed by atoms with E-state index in [9.17, 15) is 9.18 Å². The van der Waals surface area contributed by atoms with Crippen LogP contribution in [0.1, 0.15) is 12.0 Å². The van der Waals surface area contributed by atoms with Crippen LogP contribution in [0, 0.1) is 17.1 Å². The summed E-state index contributed by atoms with van der Waals surface area (Å²) >= 11 is 0. The highest BCUT2D eigenvalue weighted by Crippen LogP contribution is 2.15. The second-order valence-electron chi connectivity index (χ2n) is 3.97. The lowest BCUT2D eigenvalue weighted by Gasteiger charge is -2.12. The maximum Gasteiger partial charge on any atom is 0.319 e. The van der Waals surface area contributed by atoms with Gasteiger partial charge < -0.3 is 15.4 Å². The van der Waals surface area contributed by atoms with Crippen LogP contribution in [0.4, 0.5) is 14.9 Å². The number of urea groups is 1. The van der Waals surface area contributed by atoms with E-state index in [2.05, 4.69) is 10.6 Å². The Kier molecular flexibility index (Phi) is 3.75. The Balaban J connectivity index is 1.96. The Morgan fingerprint density at radius 3 is 3.00 bits per heavy atom. The van der Waals surface area contributed by atoms with Gasteiger partial charge in [0, 0.05) is 6.61 Å². The van der Waals surface area contributed by atoms with Gasteiger partial charge in [0.2, 0.25) is 0 Å². The van der Waals surface area contributed by atoms with Crippen molar-refractivity contribution >= 4 is 11.7 Å². The fourth-order valence-electron chi connectivity index (χ4n) is 1.68. The average Bonchev–Trinajstić information content (AvgIpc) is 2.84. The van der Waals surface area contributed by atoms with Gasteiger partial charge in [-0.2, -0.15) is 5.26 Å². The molecule has 1 atom stereocenters. The lowest BCUT2D eigenvalue weighted by Crippen LogP contribution is -2.38. The smallest absolute Gasteiger partial charge is 0.319 e. The summed E-state index contributed by atoms with van der Waals surface area (Å²) in [6, 6.07) is 5.19. The van der Waals surface area contributed by atoms with Gasteiger partial charge >= 0.3 is 6.03 Å². The van der Waals surface area contributed by atoms with E-state index >= 15 is 0 Å². The normalized spacial score (nSPS) is 18.1.